The second-order valence-electron chi connectivity index (χ2n) is 5.37. The predicted octanol–water partition coefficient (Wildman–Crippen LogP) is 2.37. The van der Waals surface area contributed by atoms with Crippen LogP contribution in [-0.2, 0) is 24.2 Å². The van der Waals surface area contributed by atoms with E-state index >= 15 is 0 Å². The average Bonchev–Trinajstić information content (AvgIpc) is 2.94. The zero-order valence-electron chi connectivity index (χ0n) is 11.8. The summed E-state index contributed by atoms with van der Waals surface area (Å²) in [5.74, 6) is -0.0660. The summed E-state index contributed by atoms with van der Waals surface area (Å²) in [6.07, 6.45) is 5.43. The van der Waals surface area contributed by atoms with Crippen molar-refractivity contribution in [2.24, 2.45) is 0 Å². The number of aromatic nitrogens is 1. The Bertz CT molecular complexity index is 719. The number of nitrogens with zero attached hydrogens (tertiary/aromatic N) is 1. The molecule has 0 fully saturated rings. The lowest BCUT2D eigenvalue weighted by Crippen LogP contribution is -2.21. The molecule has 21 heavy (non-hydrogen) atoms. The lowest BCUT2D eigenvalue weighted by molar-refractivity contribution is -0.116. The Balaban J connectivity index is 1.59. The molecule has 0 unspecified atom stereocenters. The molecular weight excluding hydrogens is 264 g/mol. The fourth-order valence-electron chi connectivity index (χ4n) is 2.74. The Labute approximate surface area is 123 Å². The number of carbonyl (C=O) groups excluding carboxylic acids is 1. The highest BCUT2D eigenvalue weighted by molar-refractivity contribution is 5.90. The van der Waals surface area contributed by atoms with Gasteiger partial charge in [0, 0.05) is 30.9 Å². The van der Waals surface area contributed by atoms with Gasteiger partial charge in [-0.2, -0.15) is 0 Å². The van der Waals surface area contributed by atoms with Crippen LogP contribution < -0.4 is 10.9 Å². The number of pyridine rings is 1. The van der Waals surface area contributed by atoms with Gasteiger partial charge in [-0.15, -0.1) is 0 Å². The van der Waals surface area contributed by atoms with E-state index in [0.29, 0.717) is 13.0 Å². The van der Waals surface area contributed by atoms with Gasteiger partial charge in [-0.25, -0.2) is 0 Å². The van der Waals surface area contributed by atoms with E-state index in [4.69, 9.17) is 0 Å². The quantitative estimate of drug-likeness (QED) is 0.936. The van der Waals surface area contributed by atoms with E-state index in [9.17, 15) is 9.59 Å². The van der Waals surface area contributed by atoms with Gasteiger partial charge in [-0.3, -0.25) is 9.59 Å². The molecule has 1 heterocycles. The SMILES string of the molecule is O=C(CCn1ccccc1=O)Nc1ccc2c(c1)CCC2. The van der Waals surface area contributed by atoms with E-state index in [1.54, 1.807) is 22.9 Å². The van der Waals surface area contributed by atoms with Crippen molar-refractivity contribution in [3.8, 4) is 0 Å². The number of anilines is 1. The molecule has 0 saturated heterocycles. The summed E-state index contributed by atoms with van der Waals surface area (Å²) in [4.78, 5) is 23.5. The Kier molecular flexibility index (Phi) is 3.86. The largest absolute Gasteiger partial charge is 0.326 e. The summed E-state index contributed by atoms with van der Waals surface area (Å²) in [5.41, 5.74) is 3.50. The first-order valence-electron chi connectivity index (χ1n) is 7.29. The van der Waals surface area contributed by atoms with Crippen molar-refractivity contribution in [3.05, 3.63) is 64.1 Å². The second-order valence-corrected chi connectivity index (χ2v) is 5.37. The molecule has 4 heteroatoms. The molecule has 1 N–H and O–H groups in total. The summed E-state index contributed by atoms with van der Waals surface area (Å²) in [6, 6.07) is 11.1. The minimum atomic E-state index is -0.0807. The molecule has 2 aromatic rings. The van der Waals surface area contributed by atoms with Crippen molar-refractivity contribution in [2.75, 3.05) is 5.32 Å². The third-order valence-electron chi connectivity index (χ3n) is 3.86. The van der Waals surface area contributed by atoms with Crippen LogP contribution in [-0.4, -0.2) is 10.5 Å². The molecule has 0 spiro atoms. The van der Waals surface area contributed by atoms with E-state index in [2.05, 4.69) is 17.4 Å². The molecule has 108 valence electrons. The van der Waals surface area contributed by atoms with Crippen molar-refractivity contribution >= 4 is 11.6 Å². The molecular formula is C17H18N2O2. The van der Waals surface area contributed by atoms with Gasteiger partial charge in [-0.05, 0) is 48.6 Å². The third kappa shape index (κ3) is 3.21. The highest BCUT2D eigenvalue weighted by atomic mass is 16.1. The predicted molar refractivity (Wildman–Crippen MR) is 82.4 cm³/mol. The maximum absolute atomic E-state index is 12.0. The average molecular weight is 282 g/mol. The van der Waals surface area contributed by atoms with Gasteiger partial charge in [0.15, 0.2) is 0 Å². The smallest absolute Gasteiger partial charge is 0.250 e. The number of hydrogen-bond acceptors (Lipinski definition) is 2. The fourth-order valence-corrected chi connectivity index (χ4v) is 2.74. The molecule has 0 radical (unpaired) electrons. The summed E-state index contributed by atoms with van der Waals surface area (Å²) in [6.45, 7) is 0.399. The Morgan fingerprint density at radius 2 is 2.00 bits per heavy atom. The highest BCUT2D eigenvalue weighted by Crippen LogP contribution is 2.24. The maximum atomic E-state index is 12.0. The van der Waals surface area contributed by atoms with Crippen LogP contribution in [0.15, 0.2) is 47.4 Å². The van der Waals surface area contributed by atoms with Crippen molar-refractivity contribution in [3.63, 3.8) is 0 Å². The number of nitrogens with one attached hydrogen (secondary N) is 1. The van der Waals surface area contributed by atoms with Crippen LogP contribution in [0.4, 0.5) is 5.69 Å². The molecule has 0 atom stereocenters. The van der Waals surface area contributed by atoms with Crippen molar-refractivity contribution in [2.45, 2.75) is 32.2 Å². The van der Waals surface area contributed by atoms with Crippen LogP contribution in [0.3, 0.4) is 0 Å². The Morgan fingerprint density at radius 3 is 2.86 bits per heavy atom. The Morgan fingerprint density at radius 1 is 1.14 bits per heavy atom. The van der Waals surface area contributed by atoms with E-state index in [1.807, 2.05) is 6.07 Å². The van der Waals surface area contributed by atoms with Gasteiger partial charge < -0.3 is 9.88 Å². The standard InChI is InChI=1S/C17H18N2O2/c20-16(9-11-19-10-2-1-6-17(19)21)18-15-8-7-13-4-3-5-14(13)12-15/h1-2,6-8,10,12H,3-5,9,11H2,(H,18,20). The van der Waals surface area contributed by atoms with Crippen LogP contribution >= 0.6 is 0 Å². The highest BCUT2D eigenvalue weighted by Gasteiger charge is 2.11. The molecule has 1 aromatic heterocycles. The lowest BCUT2D eigenvalue weighted by Gasteiger charge is -2.08. The molecule has 1 aromatic carbocycles. The van der Waals surface area contributed by atoms with E-state index in [-0.39, 0.29) is 11.5 Å². The van der Waals surface area contributed by atoms with E-state index in [1.165, 1.54) is 23.6 Å². The van der Waals surface area contributed by atoms with Gasteiger partial charge in [-0.1, -0.05) is 12.1 Å². The first-order chi connectivity index (χ1) is 10.2. The minimum absolute atomic E-state index is 0.0660. The Hall–Kier alpha value is -2.36. The van der Waals surface area contributed by atoms with Crippen LogP contribution in [0.25, 0.3) is 0 Å². The zero-order chi connectivity index (χ0) is 14.7. The van der Waals surface area contributed by atoms with E-state index in [0.717, 1.165) is 18.5 Å². The monoisotopic (exact) mass is 282 g/mol. The molecule has 1 aliphatic rings. The zero-order valence-corrected chi connectivity index (χ0v) is 11.8. The molecule has 1 amide bonds. The number of benzene rings is 1. The summed E-state index contributed by atoms with van der Waals surface area (Å²) < 4.78 is 1.54. The van der Waals surface area contributed by atoms with Crippen molar-refractivity contribution in [1.29, 1.82) is 0 Å². The number of hydrogen-bond donors (Lipinski definition) is 1. The van der Waals surface area contributed by atoms with Crippen LogP contribution in [0.5, 0.6) is 0 Å². The fraction of sp³-hybridized carbons (Fsp3) is 0.294. The van der Waals surface area contributed by atoms with E-state index < -0.39 is 0 Å². The van der Waals surface area contributed by atoms with Crippen LogP contribution in [0, 0.1) is 0 Å². The molecule has 1 aliphatic carbocycles. The molecule has 3 rings (SSSR count). The van der Waals surface area contributed by atoms with Gasteiger partial charge in [0.2, 0.25) is 5.91 Å². The normalized spacial score (nSPS) is 13.0. The van der Waals surface area contributed by atoms with Crippen LogP contribution in [0.2, 0.25) is 0 Å². The third-order valence-corrected chi connectivity index (χ3v) is 3.86. The number of rotatable bonds is 4. The topological polar surface area (TPSA) is 51.1 Å². The van der Waals surface area contributed by atoms with Gasteiger partial charge in [0.25, 0.3) is 5.56 Å². The first kappa shape index (κ1) is 13.6. The number of fused-ring (bicyclic) bond motifs is 1. The molecule has 0 aliphatic heterocycles. The first-order valence-corrected chi connectivity index (χ1v) is 7.29. The van der Waals surface area contributed by atoms with Gasteiger partial charge in [0.1, 0.15) is 0 Å². The van der Waals surface area contributed by atoms with Crippen molar-refractivity contribution in [1.82, 2.24) is 4.57 Å². The number of carbonyl (C=O) groups is 1. The van der Waals surface area contributed by atoms with Crippen molar-refractivity contribution < 1.29 is 4.79 Å². The number of aryl methyl sites for hydroxylation is 3. The maximum Gasteiger partial charge on any atom is 0.250 e. The molecule has 0 bridgehead atoms. The summed E-state index contributed by atoms with van der Waals surface area (Å²) in [7, 11) is 0. The lowest BCUT2D eigenvalue weighted by atomic mass is 10.1. The summed E-state index contributed by atoms with van der Waals surface area (Å²) >= 11 is 0. The molecule has 4 nitrogen and oxygen atoms in total. The minimum Gasteiger partial charge on any atom is -0.326 e. The van der Waals surface area contributed by atoms with Gasteiger partial charge >= 0.3 is 0 Å². The van der Waals surface area contributed by atoms with Crippen LogP contribution in [0.1, 0.15) is 24.0 Å². The number of amides is 1. The molecule has 0 saturated carbocycles. The second kappa shape index (κ2) is 5.95. The summed E-state index contributed by atoms with van der Waals surface area (Å²) in [5, 5.41) is 2.91. The van der Waals surface area contributed by atoms with Gasteiger partial charge in [0.05, 0.1) is 0 Å².